The van der Waals surface area contributed by atoms with Gasteiger partial charge in [-0.3, -0.25) is 0 Å². The third-order valence-corrected chi connectivity index (χ3v) is 7.05. The maximum Gasteiger partial charge on any atom is 0.374 e. The number of nitrogens with one attached hydrogen (secondary N) is 1. The van der Waals surface area contributed by atoms with Crippen molar-refractivity contribution in [3.8, 4) is 11.3 Å². The summed E-state index contributed by atoms with van der Waals surface area (Å²) in [5.74, 6) is -0.637. The monoisotopic (exact) mass is 472 g/mol. The second-order valence-electron chi connectivity index (χ2n) is 9.63. The van der Waals surface area contributed by atoms with E-state index in [2.05, 4.69) is 32.8 Å². The number of hydrogen-bond donors (Lipinski definition) is 2. The highest BCUT2D eigenvalue weighted by Gasteiger charge is 2.27. The molecular weight excluding hydrogens is 443 g/mol. The Hall–Kier alpha value is -3.74. The highest BCUT2D eigenvalue weighted by atomic mass is 19.1. The van der Waals surface area contributed by atoms with Crippen molar-refractivity contribution in [3.05, 3.63) is 76.9 Å². The van der Waals surface area contributed by atoms with Gasteiger partial charge in [-0.1, -0.05) is 42.3 Å². The lowest BCUT2D eigenvalue weighted by Gasteiger charge is -2.32. The zero-order valence-electron chi connectivity index (χ0n) is 20.2. The van der Waals surface area contributed by atoms with Crippen LogP contribution in [-0.2, 0) is 6.54 Å². The molecule has 0 amide bonds. The Kier molecular flexibility index (Phi) is 6.01. The molecule has 6 nitrogen and oxygen atoms in total. The summed E-state index contributed by atoms with van der Waals surface area (Å²) >= 11 is 0. The first kappa shape index (κ1) is 23.0. The Morgan fingerprint density at radius 2 is 1.97 bits per heavy atom. The molecule has 5 rings (SSSR count). The van der Waals surface area contributed by atoms with Crippen molar-refractivity contribution in [2.45, 2.75) is 52.6 Å². The quantitative estimate of drug-likeness (QED) is 0.335. The van der Waals surface area contributed by atoms with Crippen LogP contribution >= 0.6 is 0 Å². The van der Waals surface area contributed by atoms with Crippen LogP contribution < -0.4 is 5.32 Å². The number of carbonyl (C=O) groups is 1. The van der Waals surface area contributed by atoms with Gasteiger partial charge in [0.2, 0.25) is 5.82 Å². The molecule has 4 aromatic rings. The minimum atomic E-state index is -1.17. The minimum absolute atomic E-state index is 0.145. The number of anilines is 1. The predicted molar refractivity (Wildman–Crippen MR) is 135 cm³/mol. The predicted octanol–water partition coefficient (Wildman–Crippen LogP) is 6.20. The molecule has 7 heteroatoms. The molecule has 2 heterocycles. The van der Waals surface area contributed by atoms with Crippen molar-refractivity contribution in [1.82, 2.24) is 14.5 Å². The van der Waals surface area contributed by atoms with Crippen LogP contribution in [-0.4, -0.2) is 31.7 Å². The van der Waals surface area contributed by atoms with Crippen molar-refractivity contribution in [2.24, 2.45) is 5.92 Å². The van der Waals surface area contributed by atoms with Crippen molar-refractivity contribution >= 4 is 22.8 Å². The van der Waals surface area contributed by atoms with Crippen LogP contribution in [0.4, 0.5) is 10.2 Å². The number of benzene rings is 2. The standard InChI is InChI=1S/C28H29FN4O2/c1-16-6-4-9-21(12-16)24-14-23-25(33(24)15-19-11-10-17(2)22(29)13-19)26(32-27(31-23)28(34)35)30-18(3)20-7-5-8-20/h4,6,9-14,18,20H,5,7-8,15H2,1-3H3,(H,34,35)(H,30,31,32). The number of carboxylic acid groups (broad SMARTS) is 1. The Labute approximate surface area is 203 Å². The molecule has 2 N–H and O–H groups in total. The summed E-state index contributed by atoms with van der Waals surface area (Å²) in [7, 11) is 0. The van der Waals surface area contributed by atoms with Gasteiger partial charge in [-0.2, -0.15) is 0 Å². The molecule has 1 saturated carbocycles. The van der Waals surface area contributed by atoms with Gasteiger partial charge in [0, 0.05) is 12.6 Å². The average molecular weight is 473 g/mol. The lowest BCUT2D eigenvalue weighted by Crippen LogP contribution is -2.31. The number of nitrogens with zero attached hydrogens (tertiary/aromatic N) is 3. The topological polar surface area (TPSA) is 80.0 Å². The first-order valence-corrected chi connectivity index (χ1v) is 12.0. The Morgan fingerprint density at radius 1 is 1.17 bits per heavy atom. The highest BCUT2D eigenvalue weighted by molar-refractivity contribution is 5.95. The van der Waals surface area contributed by atoms with Gasteiger partial charge in [0.15, 0.2) is 5.82 Å². The summed E-state index contributed by atoms with van der Waals surface area (Å²) < 4.78 is 16.5. The molecule has 0 saturated heterocycles. The molecule has 35 heavy (non-hydrogen) atoms. The summed E-state index contributed by atoms with van der Waals surface area (Å²) in [6.07, 6.45) is 3.50. The van der Waals surface area contributed by atoms with E-state index in [-0.39, 0.29) is 17.7 Å². The van der Waals surface area contributed by atoms with Gasteiger partial charge in [0.05, 0.1) is 11.2 Å². The van der Waals surface area contributed by atoms with Crippen LogP contribution in [0.2, 0.25) is 0 Å². The van der Waals surface area contributed by atoms with Gasteiger partial charge >= 0.3 is 5.97 Å². The lowest BCUT2D eigenvalue weighted by molar-refractivity contribution is 0.0684. The fourth-order valence-corrected chi connectivity index (χ4v) is 4.76. The number of aromatic carboxylic acids is 1. The molecule has 1 unspecified atom stereocenters. The summed E-state index contributed by atoms with van der Waals surface area (Å²) in [5, 5.41) is 13.2. The first-order valence-electron chi connectivity index (χ1n) is 12.0. The fourth-order valence-electron chi connectivity index (χ4n) is 4.76. The van der Waals surface area contributed by atoms with Crippen molar-refractivity contribution in [1.29, 1.82) is 0 Å². The summed E-state index contributed by atoms with van der Waals surface area (Å²) in [6.45, 7) is 6.28. The summed E-state index contributed by atoms with van der Waals surface area (Å²) in [4.78, 5) is 20.7. The molecule has 1 aliphatic carbocycles. The van der Waals surface area contributed by atoms with Crippen molar-refractivity contribution < 1.29 is 14.3 Å². The van der Waals surface area contributed by atoms with Crippen LogP contribution in [0, 0.1) is 25.6 Å². The van der Waals surface area contributed by atoms with Crippen LogP contribution in [0.25, 0.3) is 22.3 Å². The van der Waals surface area contributed by atoms with Gasteiger partial charge < -0.3 is 15.0 Å². The third kappa shape index (κ3) is 4.50. The average Bonchev–Trinajstić information content (AvgIpc) is 3.13. The molecule has 1 atom stereocenters. The van der Waals surface area contributed by atoms with Crippen LogP contribution in [0.15, 0.2) is 48.5 Å². The van der Waals surface area contributed by atoms with Gasteiger partial charge in [0.1, 0.15) is 11.3 Å². The molecule has 0 aliphatic heterocycles. The number of hydrogen-bond acceptors (Lipinski definition) is 4. The number of aryl methyl sites for hydroxylation is 2. The number of fused-ring (bicyclic) bond motifs is 1. The second-order valence-corrected chi connectivity index (χ2v) is 9.63. The molecule has 180 valence electrons. The lowest BCUT2D eigenvalue weighted by atomic mass is 9.80. The van der Waals surface area contributed by atoms with E-state index in [1.807, 2.05) is 37.3 Å². The molecule has 1 aliphatic rings. The van der Waals surface area contributed by atoms with E-state index in [1.54, 1.807) is 19.1 Å². The Bertz CT molecular complexity index is 1420. The molecule has 2 aromatic carbocycles. The molecule has 0 bridgehead atoms. The number of aromatic nitrogens is 3. The number of rotatable bonds is 7. The maximum absolute atomic E-state index is 14.4. The normalized spacial score (nSPS) is 14.6. The summed E-state index contributed by atoms with van der Waals surface area (Å²) in [5.41, 5.74) is 5.63. The zero-order chi connectivity index (χ0) is 24.7. The van der Waals surface area contributed by atoms with Crippen molar-refractivity contribution in [3.63, 3.8) is 0 Å². The number of halogens is 1. The van der Waals surface area contributed by atoms with E-state index in [4.69, 9.17) is 0 Å². The van der Waals surface area contributed by atoms with E-state index in [9.17, 15) is 14.3 Å². The second kappa shape index (κ2) is 9.13. The largest absolute Gasteiger partial charge is 0.475 e. The molecule has 1 fully saturated rings. The van der Waals surface area contributed by atoms with E-state index in [1.165, 1.54) is 6.42 Å². The maximum atomic E-state index is 14.4. The van der Waals surface area contributed by atoms with Gasteiger partial charge in [-0.05, 0) is 74.4 Å². The van der Waals surface area contributed by atoms with E-state index >= 15 is 0 Å². The third-order valence-electron chi connectivity index (χ3n) is 7.05. The van der Waals surface area contributed by atoms with Gasteiger partial charge in [-0.15, -0.1) is 0 Å². The Morgan fingerprint density at radius 3 is 2.63 bits per heavy atom. The van der Waals surface area contributed by atoms with Crippen LogP contribution in [0.5, 0.6) is 0 Å². The minimum Gasteiger partial charge on any atom is -0.475 e. The van der Waals surface area contributed by atoms with Crippen LogP contribution in [0.1, 0.15) is 53.5 Å². The van der Waals surface area contributed by atoms with Gasteiger partial charge in [0.25, 0.3) is 0 Å². The smallest absolute Gasteiger partial charge is 0.374 e. The molecule has 0 radical (unpaired) electrons. The van der Waals surface area contributed by atoms with Crippen LogP contribution in [0.3, 0.4) is 0 Å². The fraction of sp³-hybridized carbons (Fsp3) is 0.321. The van der Waals surface area contributed by atoms with Gasteiger partial charge in [-0.25, -0.2) is 19.2 Å². The highest BCUT2D eigenvalue weighted by Crippen LogP contribution is 2.35. The van der Waals surface area contributed by atoms with E-state index in [0.29, 0.717) is 29.4 Å². The SMILES string of the molecule is Cc1cccc(-c2cc3nc(C(=O)O)nc(NC(C)C4CCC4)c3n2Cc2ccc(C)c(F)c2)c1. The summed E-state index contributed by atoms with van der Waals surface area (Å²) in [6, 6.07) is 15.4. The first-order chi connectivity index (χ1) is 16.8. The molecule has 2 aromatic heterocycles. The molecular formula is C28H29FN4O2. The van der Waals surface area contributed by atoms with Crippen molar-refractivity contribution in [2.75, 3.05) is 5.32 Å². The Balaban J connectivity index is 1.72. The van der Waals surface area contributed by atoms with E-state index in [0.717, 1.165) is 40.7 Å². The zero-order valence-corrected chi connectivity index (χ0v) is 20.2. The van der Waals surface area contributed by atoms with E-state index < -0.39 is 5.97 Å². The molecule has 0 spiro atoms. The number of carboxylic acids is 1.